The normalized spacial score (nSPS) is 11.9. The molecule has 29 heavy (non-hydrogen) atoms. The van der Waals surface area contributed by atoms with E-state index >= 15 is 0 Å². The van der Waals surface area contributed by atoms with E-state index in [0.717, 1.165) is 22.6 Å². The maximum absolute atomic E-state index is 13.1. The quantitative estimate of drug-likeness (QED) is 0.524. The molecule has 1 unspecified atom stereocenters. The second-order valence-electron chi connectivity index (χ2n) is 6.90. The second-order valence-corrected chi connectivity index (χ2v) is 6.90. The molecule has 0 aliphatic heterocycles. The summed E-state index contributed by atoms with van der Waals surface area (Å²) in [6.45, 7) is 2.62. The summed E-state index contributed by atoms with van der Waals surface area (Å²) < 4.78 is 5.48. The lowest BCUT2D eigenvalue weighted by Crippen LogP contribution is -2.38. The molecule has 4 heteroatoms. The topological polar surface area (TPSA) is 42.4 Å². The van der Waals surface area contributed by atoms with Gasteiger partial charge in [0, 0.05) is 24.9 Å². The van der Waals surface area contributed by atoms with Crippen molar-refractivity contribution in [2.45, 2.75) is 25.9 Å². The van der Waals surface area contributed by atoms with Crippen LogP contribution in [0.2, 0.25) is 0 Å². The Morgan fingerprint density at radius 3 is 2.48 bits per heavy atom. The Morgan fingerprint density at radius 2 is 1.76 bits per heavy atom. The van der Waals surface area contributed by atoms with E-state index in [2.05, 4.69) is 11.9 Å². The van der Waals surface area contributed by atoms with Crippen LogP contribution in [-0.2, 0) is 17.8 Å². The molecule has 1 atom stereocenters. The van der Waals surface area contributed by atoms with Gasteiger partial charge in [0.25, 0.3) is 0 Å². The van der Waals surface area contributed by atoms with Crippen molar-refractivity contribution in [3.8, 4) is 5.75 Å². The molecule has 1 aromatic heterocycles. The van der Waals surface area contributed by atoms with E-state index in [1.807, 2.05) is 77.7 Å². The maximum Gasteiger partial charge on any atom is 0.247 e. The van der Waals surface area contributed by atoms with E-state index in [1.165, 1.54) is 0 Å². The molecule has 0 radical (unpaired) electrons. The van der Waals surface area contributed by atoms with Crippen LogP contribution < -0.4 is 4.74 Å². The fraction of sp³-hybridized carbons (Fsp3) is 0.200. The number of hydrogen-bond acceptors (Lipinski definition) is 3. The highest BCUT2D eigenvalue weighted by Crippen LogP contribution is 2.22. The predicted molar refractivity (Wildman–Crippen MR) is 116 cm³/mol. The Balaban J connectivity index is 1.81. The van der Waals surface area contributed by atoms with Gasteiger partial charge >= 0.3 is 0 Å². The summed E-state index contributed by atoms with van der Waals surface area (Å²) >= 11 is 0. The highest BCUT2D eigenvalue weighted by molar-refractivity contribution is 5.91. The number of ether oxygens (including phenoxy) is 1. The lowest BCUT2D eigenvalue weighted by atomic mass is 10.0. The van der Waals surface area contributed by atoms with Crippen molar-refractivity contribution in [1.82, 2.24) is 9.88 Å². The van der Waals surface area contributed by atoms with Crippen molar-refractivity contribution >= 4 is 12.0 Å². The first-order valence-corrected chi connectivity index (χ1v) is 9.73. The fourth-order valence-corrected chi connectivity index (χ4v) is 3.26. The molecule has 0 saturated heterocycles. The first-order valence-electron chi connectivity index (χ1n) is 9.73. The second kappa shape index (κ2) is 10.2. The number of methoxy groups -OCH3 is 1. The average Bonchev–Trinajstić information content (AvgIpc) is 2.77. The van der Waals surface area contributed by atoms with Crippen LogP contribution in [0, 0.1) is 0 Å². The molecule has 3 rings (SSSR count). The van der Waals surface area contributed by atoms with Gasteiger partial charge in [-0.25, -0.2) is 0 Å². The highest BCUT2D eigenvalue weighted by Gasteiger charge is 2.20. The monoisotopic (exact) mass is 386 g/mol. The molecule has 0 aliphatic carbocycles. The van der Waals surface area contributed by atoms with Crippen LogP contribution in [0.5, 0.6) is 5.75 Å². The van der Waals surface area contributed by atoms with Crippen LogP contribution in [0.3, 0.4) is 0 Å². The van der Waals surface area contributed by atoms with Gasteiger partial charge in [-0.05, 0) is 48.7 Å². The van der Waals surface area contributed by atoms with E-state index in [1.54, 1.807) is 25.5 Å². The van der Waals surface area contributed by atoms with Crippen molar-refractivity contribution in [3.63, 3.8) is 0 Å². The van der Waals surface area contributed by atoms with Crippen LogP contribution >= 0.6 is 0 Å². The fourth-order valence-electron chi connectivity index (χ4n) is 3.26. The number of amides is 1. The minimum Gasteiger partial charge on any atom is -0.496 e. The lowest BCUT2D eigenvalue weighted by molar-refractivity contribution is -0.128. The Labute approximate surface area is 172 Å². The van der Waals surface area contributed by atoms with E-state index in [-0.39, 0.29) is 11.9 Å². The minimum atomic E-state index is -0.0399. The molecule has 0 fully saturated rings. The molecule has 0 bridgehead atoms. The molecule has 1 amide bonds. The van der Waals surface area contributed by atoms with Crippen LogP contribution in [0.4, 0.5) is 0 Å². The van der Waals surface area contributed by atoms with Gasteiger partial charge in [-0.2, -0.15) is 0 Å². The largest absolute Gasteiger partial charge is 0.496 e. The third-order valence-electron chi connectivity index (χ3n) is 4.80. The summed E-state index contributed by atoms with van der Waals surface area (Å²) in [6, 6.07) is 23.6. The first kappa shape index (κ1) is 20.3. The number of aromatic nitrogens is 1. The molecule has 4 nitrogen and oxygen atoms in total. The molecule has 1 heterocycles. The maximum atomic E-state index is 13.1. The molecule has 0 N–H and O–H groups in total. The van der Waals surface area contributed by atoms with E-state index in [0.29, 0.717) is 13.0 Å². The smallest absolute Gasteiger partial charge is 0.247 e. The third kappa shape index (κ3) is 5.79. The molecular formula is C25H26N2O2. The summed E-state index contributed by atoms with van der Waals surface area (Å²) in [4.78, 5) is 19.2. The van der Waals surface area contributed by atoms with Gasteiger partial charge in [-0.15, -0.1) is 0 Å². The number of para-hydroxylation sites is 1. The van der Waals surface area contributed by atoms with Crippen molar-refractivity contribution in [1.29, 1.82) is 0 Å². The first-order chi connectivity index (χ1) is 14.2. The standard InChI is InChI=1S/C25H26N2O2/c1-20(18-22-12-6-7-14-24(22)29-2)27(19-21-10-4-3-5-11-21)25(28)16-15-23-13-8-9-17-26-23/h3-17,20H,18-19H2,1-2H3/b16-15+. The van der Waals surface area contributed by atoms with Gasteiger partial charge in [-0.1, -0.05) is 54.6 Å². The summed E-state index contributed by atoms with van der Waals surface area (Å²) in [5, 5.41) is 0. The number of benzene rings is 2. The zero-order valence-corrected chi connectivity index (χ0v) is 16.9. The molecule has 3 aromatic rings. The number of carbonyl (C=O) groups excluding carboxylic acids is 1. The molecule has 0 saturated carbocycles. The van der Waals surface area contributed by atoms with Gasteiger partial charge in [0.1, 0.15) is 5.75 Å². The van der Waals surface area contributed by atoms with E-state index in [4.69, 9.17) is 4.74 Å². The van der Waals surface area contributed by atoms with Gasteiger partial charge in [0.15, 0.2) is 0 Å². The van der Waals surface area contributed by atoms with Crippen LogP contribution in [0.25, 0.3) is 6.08 Å². The summed E-state index contributed by atoms with van der Waals surface area (Å²) in [5.74, 6) is 0.803. The van der Waals surface area contributed by atoms with Crippen molar-refractivity contribution in [3.05, 3.63) is 102 Å². The Morgan fingerprint density at radius 1 is 1.03 bits per heavy atom. The van der Waals surface area contributed by atoms with Gasteiger partial charge in [0.05, 0.1) is 12.8 Å². The Hall–Kier alpha value is -3.40. The van der Waals surface area contributed by atoms with E-state index < -0.39 is 0 Å². The molecule has 148 valence electrons. The van der Waals surface area contributed by atoms with Gasteiger partial charge < -0.3 is 9.64 Å². The van der Waals surface area contributed by atoms with Crippen molar-refractivity contribution in [2.75, 3.05) is 7.11 Å². The molecule has 0 aliphatic rings. The number of nitrogens with zero attached hydrogens (tertiary/aromatic N) is 2. The van der Waals surface area contributed by atoms with Crippen LogP contribution in [-0.4, -0.2) is 28.9 Å². The summed E-state index contributed by atoms with van der Waals surface area (Å²) in [6.07, 6.45) is 5.79. The zero-order valence-electron chi connectivity index (χ0n) is 16.9. The summed E-state index contributed by atoms with van der Waals surface area (Å²) in [5.41, 5.74) is 2.94. The number of hydrogen-bond donors (Lipinski definition) is 0. The lowest BCUT2D eigenvalue weighted by Gasteiger charge is -2.29. The zero-order chi connectivity index (χ0) is 20.5. The predicted octanol–water partition coefficient (Wildman–Crippen LogP) is 4.76. The Bertz CT molecular complexity index is 939. The minimum absolute atomic E-state index is 0.00705. The van der Waals surface area contributed by atoms with Crippen molar-refractivity contribution in [2.24, 2.45) is 0 Å². The third-order valence-corrected chi connectivity index (χ3v) is 4.80. The van der Waals surface area contributed by atoms with Gasteiger partial charge in [-0.3, -0.25) is 9.78 Å². The highest BCUT2D eigenvalue weighted by atomic mass is 16.5. The number of pyridine rings is 1. The molecule has 2 aromatic carbocycles. The van der Waals surface area contributed by atoms with Gasteiger partial charge in [0.2, 0.25) is 5.91 Å². The number of rotatable bonds is 8. The number of carbonyl (C=O) groups is 1. The van der Waals surface area contributed by atoms with E-state index in [9.17, 15) is 4.79 Å². The molecular weight excluding hydrogens is 360 g/mol. The molecule has 0 spiro atoms. The van der Waals surface area contributed by atoms with Crippen LogP contribution in [0.1, 0.15) is 23.7 Å². The van der Waals surface area contributed by atoms with Crippen molar-refractivity contribution < 1.29 is 9.53 Å². The Kier molecular flexibility index (Phi) is 7.17. The SMILES string of the molecule is COc1ccccc1CC(C)N(Cc1ccccc1)C(=O)/C=C/c1ccccn1. The van der Waals surface area contributed by atoms with Crippen LogP contribution in [0.15, 0.2) is 85.1 Å². The summed E-state index contributed by atoms with van der Waals surface area (Å²) in [7, 11) is 1.67. The average molecular weight is 386 g/mol.